The van der Waals surface area contributed by atoms with Crippen LogP contribution in [0.1, 0.15) is 9.67 Å². The molecule has 138 valence electrons. The van der Waals surface area contributed by atoms with Gasteiger partial charge in [-0.15, -0.1) is 11.3 Å². The lowest BCUT2D eigenvalue weighted by Crippen LogP contribution is -2.51. The zero-order valence-electron chi connectivity index (χ0n) is 14.9. The standard InChI is InChI=1S/C21H21N3O2S/c25-20(24-12-10-23(11-13-24)17-7-2-1-3-8-17)15-22-21(26)19-14-16-6-4-5-9-18(16)27-19/h1-9,14H,10-13,15H2,(H,22,26). The normalized spacial score (nSPS) is 14.4. The van der Waals surface area contributed by atoms with Crippen molar-refractivity contribution in [2.24, 2.45) is 0 Å². The van der Waals surface area contributed by atoms with E-state index in [9.17, 15) is 9.59 Å². The van der Waals surface area contributed by atoms with Gasteiger partial charge >= 0.3 is 0 Å². The lowest BCUT2D eigenvalue weighted by atomic mass is 10.2. The maximum atomic E-state index is 12.4. The Morgan fingerprint density at radius 3 is 2.37 bits per heavy atom. The number of thiophene rings is 1. The van der Waals surface area contributed by atoms with Crippen LogP contribution in [0.2, 0.25) is 0 Å². The van der Waals surface area contributed by atoms with E-state index in [0.717, 1.165) is 23.2 Å². The first-order chi connectivity index (χ1) is 13.2. The number of para-hydroxylation sites is 1. The topological polar surface area (TPSA) is 52.7 Å². The number of benzene rings is 2. The molecule has 27 heavy (non-hydrogen) atoms. The number of piperazine rings is 1. The second kappa shape index (κ2) is 7.80. The van der Waals surface area contributed by atoms with E-state index in [1.54, 1.807) is 0 Å². The van der Waals surface area contributed by atoms with Gasteiger partial charge in [-0.2, -0.15) is 0 Å². The van der Waals surface area contributed by atoms with Crippen molar-refractivity contribution in [1.82, 2.24) is 10.2 Å². The van der Waals surface area contributed by atoms with Gasteiger partial charge in [-0.05, 0) is 29.7 Å². The minimum atomic E-state index is -0.188. The Labute approximate surface area is 162 Å². The quantitative estimate of drug-likeness (QED) is 0.758. The van der Waals surface area contributed by atoms with Crippen LogP contribution in [0.3, 0.4) is 0 Å². The highest BCUT2D eigenvalue weighted by molar-refractivity contribution is 7.20. The van der Waals surface area contributed by atoms with E-state index >= 15 is 0 Å². The number of fused-ring (bicyclic) bond motifs is 1. The molecule has 1 aliphatic heterocycles. The average molecular weight is 379 g/mol. The third-order valence-electron chi connectivity index (χ3n) is 4.80. The molecule has 0 saturated carbocycles. The van der Waals surface area contributed by atoms with Crippen LogP contribution in [-0.4, -0.2) is 49.4 Å². The lowest BCUT2D eigenvalue weighted by Gasteiger charge is -2.36. The second-order valence-electron chi connectivity index (χ2n) is 6.53. The van der Waals surface area contributed by atoms with Crippen molar-refractivity contribution < 1.29 is 9.59 Å². The van der Waals surface area contributed by atoms with Gasteiger partial charge in [-0.1, -0.05) is 36.4 Å². The van der Waals surface area contributed by atoms with Crippen LogP contribution in [0.15, 0.2) is 60.7 Å². The first-order valence-corrected chi connectivity index (χ1v) is 9.87. The lowest BCUT2D eigenvalue weighted by molar-refractivity contribution is -0.130. The summed E-state index contributed by atoms with van der Waals surface area (Å²) in [5.41, 5.74) is 1.18. The largest absolute Gasteiger partial charge is 0.368 e. The molecule has 1 aromatic heterocycles. The van der Waals surface area contributed by atoms with Gasteiger partial charge in [0, 0.05) is 36.6 Å². The molecule has 2 amide bonds. The monoisotopic (exact) mass is 379 g/mol. The molecule has 0 bridgehead atoms. The van der Waals surface area contributed by atoms with Crippen LogP contribution in [0.25, 0.3) is 10.1 Å². The fraction of sp³-hybridized carbons (Fsp3) is 0.238. The van der Waals surface area contributed by atoms with Gasteiger partial charge in [0.25, 0.3) is 5.91 Å². The minimum absolute atomic E-state index is 0.0304. The molecular weight excluding hydrogens is 358 g/mol. The summed E-state index contributed by atoms with van der Waals surface area (Å²) < 4.78 is 1.08. The highest BCUT2D eigenvalue weighted by Crippen LogP contribution is 2.25. The van der Waals surface area contributed by atoms with Gasteiger partial charge in [0.05, 0.1) is 11.4 Å². The molecule has 6 heteroatoms. The number of hydrogen-bond donors (Lipinski definition) is 1. The molecule has 0 atom stereocenters. The summed E-state index contributed by atoms with van der Waals surface area (Å²) in [5, 5.41) is 3.82. The fourth-order valence-corrected chi connectivity index (χ4v) is 4.28. The van der Waals surface area contributed by atoms with E-state index in [-0.39, 0.29) is 18.4 Å². The van der Waals surface area contributed by atoms with Crippen molar-refractivity contribution in [3.63, 3.8) is 0 Å². The van der Waals surface area contributed by atoms with E-state index in [4.69, 9.17) is 0 Å². The van der Waals surface area contributed by atoms with Gasteiger partial charge in [-0.25, -0.2) is 0 Å². The molecule has 1 aliphatic rings. The Bertz CT molecular complexity index is 913. The maximum Gasteiger partial charge on any atom is 0.261 e. The molecular formula is C21H21N3O2S. The van der Waals surface area contributed by atoms with Crippen molar-refractivity contribution in [3.8, 4) is 0 Å². The predicted octanol–water partition coefficient (Wildman–Crippen LogP) is 2.98. The molecule has 5 nitrogen and oxygen atoms in total. The van der Waals surface area contributed by atoms with E-state index in [2.05, 4.69) is 22.3 Å². The third-order valence-corrected chi connectivity index (χ3v) is 5.92. The zero-order valence-corrected chi connectivity index (χ0v) is 15.7. The number of carbonyl (C=O) groups is 2. The number of amides is 2. The zero-order chi connectivity index (χ0) is 18.6. The smallest absolute Gasteiger partial charge is 0.261 e. The van der Waals surface area contributed by atoms with Crippen LogP contribution in [0.4, 0.5) is 5.69 Å². The van der Waals surface area contributed by atoms with Crippen molar-refractivity contribution in [3.05, 3.63) is 65.5 Å². The van der Waals surface area contributed by atoms with Crippen molar-refractivity contribution >= 4 is 38.9 Å². The molecule has 3 aromatic rings. The van der Waals surface area contributed by atoms with Gasteiger partial charge in [0.15, 0.2) is 0 Å². The Morgan fingerprint density at radius 2 is 1.63 bits per heavy atom. The highest BCUT2D eigenvalue weighted by Gasteiger charge is 2.21. The molecule has 0 aliphatic carbocycles. The van der Waals surface area contributed by atoms with E-state index in [1.807, 2.05) is 53.4 Å². The van der Waals surface area contributed by atoms with Crippen LogP contribution >= 0.6 is 11.3 Å². The van der Waals surface area contributed by atoms with Crippen molar-refractivity contribution in [2.75, 3.05) is 37.6 Å². The average Bonchev–Trinajstić information content (AvgIpc) is 3.17. The van der Waals surface area contributed by atoms with Crippen molar-refractivity contribution in [1.29, 1.82) is 0 Å². The van der Waals surface area contributed by atoms with E-state index < -0.39 is 0 Å². The molecule has 0 radical (unpaired) electrons. The molecule has 2 heterocycles. The summed E-state index contributed by atoms with van der Waals surface area (Å²) in [7, 11) is 0. The third kappa shape index (κ3) is 3.95. The molecule has 2 aromatic carbocycles. The summed E-state index contributed by atoms with van der Waals surface area (Å²) >= 11 is 1.45. The van der Waals surface area contributed by atoms with Crippen LogP contribution in [0, 0.1) is 0 Å². The number of anilines is 1. The fourth-order valence-electron chi connectivity index (χ4n) is 3.30. The number of carbonyl (C=O) groups excluding carboxylic acids is 2. The molecule has 1 saturated heterocycles. The molecule has 1 N–H and O–H groups in total. The predicted molar refractivity (Wildman–Crippen MR) is 109 cm³/mol. The van der Waals surface area contributed by atoms with E-state index in [0.29, 0.717) is 18.0 Å². The number of hydrogen-bond acceptors (Lipinski definition) is 4. The Hall–Kier alpha value is -2.86. The number of rotatable bonds is 4. The van der Waals surface area contributed by atoms with Gasteiger partial charge in [0.2, 0.25) is 5.91 Å². The summed E-state index contributed by atoms with van der Waals surface area (Å²) in [4.78, 5) is 29.5. The maximum absolute atomic E-state index is 12.4. The van der Waals surface area contributed by atoms with Crippen LogP contribution in [0.5, 0.6) is 0 Å². The van der Waals surface area contributed by atoms with E-state index in [1.165, 1.54) is 17.0 Å². The summed E-state index contributed by atoms with van der Waals surface area (Å²) in [6.45, 7) is 3.00. The summed E-state index contributed by atoms with van der Waals surface area (Å²) in [6, 6.07) is 20.0. The number of nitrogens with one attached hydrogen (secondary N) is 1. The Kier molecular flexibility index (Phi) is 5.07. The first-order valence-electron chi connectivity index (χ1n) is 9.05. The van der Waals surface area contributed by atoms with Crippen LogP contribution < -0.4 is 10.2 Å². The minimum Gasteiger partial charge on any atom is -0.368 e. The first kappa shape index (κ1) is 17.5. The molecule has 0 spiro atoms. The Morgan fingerprint density at radius 1 is 0.926 bits per heavy atom. The molecule has 0 unspecified atom stereocenters. The van der Waals surface area contributed by atoms with Gasteiger partial charge < -0.3 is 15.1 Å². The highest BCUT2D eigenvalue weighted by atomic mass is 32.1. The van der Waals surface area contributed by atoms with Gasteiger partial charge in [0.1, 0.15) is 0 Å². The number of nitrogens with zero attached hydrogens (tertiary/aromatic N) is 2. The van der Waals surface area contributed by atoms with Gasteiger partial charge in [-0.3, -0.25) is 9.59 Å². The van der Waals surface area contributed by atoms with Crippen LogP contribution in [-0.2, 0) is 4.79 Å². The summed E-state index contributed by atoms with van der Waals surface area (Å²) in [5.74, 6) is -0.218. The second-order valence-corrected chi connectivity index (χ2v) is 7.62. The molecule has 1 fully saturated rings. The summed E-state index contributed by atoms with van der Waals surface area (Å²) in [6.07, 6.45) is 0. The SMILES string of the molecule is O=C(NCC(=O)N1CCN(c2ccccc2)CC1)c1cc2ccccc2s1. The van der Waals surface area contributed by atoms with Crippen molar-refractivity contribution in [2.45, 2.75) is 0 Å². The molecule has 4 rings (SSSR count). The Balaban J connectivity index is 1.29.